The number of nitrogens with two attached hydrogens (primary N) is 1. The van der Waals surface area contributed by atoms with Crippen LogP contribution >= 0.6 is 0 Å². The zero-order valence-corrected chi connectivity index (χ0v) is 10.6. The van der Waals surface area contributed by atoms with Gasteiger partial charge >= 0.3 is 0 Å². The first-order valence-electron chi connectivity index (χ1n) is 6.30. The number of methoxy groups -OCH3 is 1. The van der Waals surface area contributed by atoms with Gasteiger partial charge in [-0.3, -0.25) is 4.79 Å². The molecule has 0 unspecified atom stereocenters. The molecule has 1 saturated heterocycles. The molecule has 1 heterocycles. The predicted octanol–water partition coefficient (Wildman–Crippen LogP) is 0.797. The molecule has 0 spiro atoms. The number of rotatable bonds is 3. The maximum atomic E-state index is 12.1. The largest absolute Gasteiger partial charge is 0.497 e. The molecule has 2 N–H and O–H groups in total. The Balaban J connectivity index is 1.60. The summed E-state index contributed by atoms with van der Waals surface area (Å²) in [6.45, 7) is 1.57. The van der Waals surface area contributed by atoms with E-state index in [1.807, 2.05) is 29.2 Å². The molecule has 0 radical (unpaired) electrons. The third-order valence-corrected chi connectivity index (χ3v) is 4.07. The summed E-state index contributed by atoms with van der Waals surface area (Å²) in [6.07, 6.45) is 1.53. The lowest BCUT2D eigenvalue weighted by Gasteiger charge is -2.19. The molecule has 4 heteroatoms. The number of amides is 1. The molecule has 2 aliphatic rings. The molecule has 1 amide bonds. The summed E-state index contributed by atoms with van der Waals surface area (Å²) in [5.74, 6) is 1.53. The van der Waals surface area contributed by atoms with Crippen LogP contribution < -0.4 is 10.5 Å². The van der Waals surface area contributed by atoms with E-state index in [0.29, 0.717) is 12.3 Å². The molecule has 1 aromatic rings. The zero-order valence-electron chi connectivity index (χ0n) is 10.6. The average molecular weight is 246 g/mol. The van der Waals surface area contributed by atoms with Crippen molar-refractivity contribution in [3.8, 4) is 5.75 Å². The summed E-state index contributed by atoms with van der Waals surface area (Å²) in [5.41, 5.74) is 7.06. The lowest BCUT2D eigenvalue weighted by atomic mass is 10.1. The summed E-state index contributed by atoms with van der Waals surface area (Å²) in [5, 5.41) is 0. The number of fused-ring (bicyclic) bond motifs is 1. The minimum atomic E-state index is -0.0600. The summed E-state index contributed by atoms with van der Waals surface area (Å²) >= 11 is 0. The van der Waals surface area contributed by atoms with Crippen molar-refractivity contribution in [2.45, 2.75) is 18.4 Å². The topological polar surface area (TPSA) is 55.6 Å². The molecule has 0 bridgehead atoms. The first-order valence-corrected chi connectivity index (χ1v) is 6.30. The van der Waals surface area contributed by atoms with Crippen LogP contribution in [0, 0.1) is 5.92 Å². The lowest BCUT2D eigenvalue weighted by Crippen LogP contribution is -2.37. The molecule has 3 rings (SSSR count). The predicted molar refractivity (Wildman–Crippen MR) is 68.3 cm³/mol. The number of piperidine rings is 1. The minimum Gasteiger partial charge on any atom is -0.497 e. The van der Waals surface area contributed by atoms with Crippen LogP contribution in [0.15, 0.2) is 24.3 Å². The van der Waals surface area contributed by atoms with E-state index in [2.05, 4.69) is 0 Å². The molecule has 2 fully saturated rings. The maximum absolute atomic E-state index is 12.1. The minimum absolute atomic E-state index is 0.0600. The SMILES string of the molecule is COc1ccc(CC(=O)N2C[C@@H]3C[C@]3(N)C2)cc1. The number of benzene rings is 1. The van der Waals surface area contributed by atoms with Gasteiger partial charge < -0.3 is 15.4 Å². The lowest BCUT2D eigenvalue weighted by molar-refractivity contribution is -0.130. The quantitative estimate of drug-likeness (QED) is 0.858. The molecular formula is C14H18N2O2. The summed E-state index contributed by atoms with van der Waals surface area (Å²) in [6, 6.07) is 7.64. The molecule has 0 aromatic heterocycles. The Morgan fingerprint density at radius 2 is 2.22 bits per heavy atom. The van der Waals surface area contributed by atoms with Crippen LogP contribution in [0.4, 0.5) is 0 Å². The Morgan fingerprint density at radius 1 is 1.50 bits per heavy atom. The van der Waals surface area contributed by atoms with Gasteiger partial charge in [-0.1, -0.05) is 12.1 Å². The van der Waals surface area contributed by atoms with Gasteiger partial charge in [0.25, 0.3) is 0 Å². The van der Waals surface area contributed by atoms with Gasteiger partial charge in [0.15, 0.2) is 0 Å². The van der Waals surface area contributed by atoms with Gasteiger partial charge in [-0.05, 0) is 30.0 Å². The van der Waals surface area contributed by atoms with Crippen LogP contribution in [0.2, 0.25) is 0 Å². The van der Waals surface area contributed by atoms with Crippen molar-refractivity contribution >= 4 is 5.91 Å². The van der Waals surface area contributed by atoms with E-state index in [4.69, 9.17) is 10.5 Å². The highest BCUT2D eigenvalue weighted by Crippen LogP contribution is 2.47. The van der Waals surface area contributed by atoms with Gasteiger partial charge in [0.2, 0.25) is 5.91 Å². The Hall–Kier alpha value is -1.55. The molecule has 1 aromatic carbocycles. The Kier molecular flexibility index (Phi) is 2.55. The second-order valence-electron chi connectivity index (χ2n) is 5.43. The van der Waals surface area contributed by atoms with E-state index in [1.54, 1.807) is 7.11 Å². The number of ether oxygens (including phenoxy) is 1. The smallest absolute Gasteiger partial charge is 0.227 e. The average Bonchev–Trinajstić information content (AvgIpc) is 2.88. The van der Waals surface area contributed by atoms with E-state index >= 15 is 0 Å². The number of likely N-dealkylation sites (tertiary alicyclic amines) is 1. The van der Waals surface area contributed by atoms with Crippen LogP contribution in [0.25, 0.3) is 0 Å². The standard InChI is InChI=1S/C14H18N2O2/c1-18-12-4-2-10(3-5-12)6-13(17)16-8-11-7-14(11,15)9-16/h2-5,11H,6-9,15H2,1H3/t11-,14-/m0/s1. The Labute approximate surface area is 107 Å². The summed E-state index contributed by atoms with van der Waals surface area (Å²) < 4.78 is 5.10. The molecule has 96 valence electrons. The molecule has 2 atom stereocenters. The number of nitrogens with zero attached hydrogens (tertiary/aromatic N) is 1. The first kappa shape index (κ1) is 11.5. The van der Waals surface area contributed by atoms with Crippen molar-refractivity contribution in [3.05, 3.63) is 29.8 Å². The third kappa shape index (κ3) is 1.97. The fraction of sp³-hybridized carbons (Fsp3) is 0.500. The van der Waals surface area contributed by atoms with Crippen molar-refractivity contribution in [1.29, 1.82) is 0 Å². The van der Waals surface area contributed by atoms with Crippen molar-refractivity contribution in [3.63, 3.8) is 0 Å². The van der Waals surface area contributed by atoms with E-state index in [-0.39, 0.29) is 11.4 Å². The van der Waals surface area contributed by atoms with Crippen molar-refractivity contribution in [2.24, 2.45) is 11.7 Å². The van der Waals surface area contributed by atoms with Crippen molar-refractivity contribution < 1.29 is 9.53 Å². The second-order valence-corrected chi connectivity index (χ2v) is 5.43. The number of carbonyl (C=O) groups excluding carboxylic acids is 1. The zero-order chi connectivity index (χ0) is 12.8. The van der Waals surface area contributed by atoms with Crippen LogP contribution in [0.3, 0.4) is 0 Å². The Bertz CT molecular complexity index is 471. The third-order valence-electron chi connectivity index (χ3n) is 4.07. The summed E-state index contributed by atoms with van der Waals surface area (Å²) in [7, 11) is 1.64. The summed E-state index contributed by atoms with van der Waals surface area (Å²) in [4.78, 5) is 14.0. The molecule has 1 aliphatic carbocycles. The van der Waals surface area contributed by atoms with Crippen molar-refractivity contribution in [2.75, 3.05) is 20.2 Å². The van der Waals surface area contributed by atoms with Crippen LogP contribution in [0.1, 0.15) is 12.0 Å². The van der Waals surface area contributed by atoms with Crippen LogP contribution in [0.5, 0.6) is 5.75 Å². The van der Waals surface area contributed by atoms with Crippen LogP contribution in [-0.4, -0.2) is 36.5 Å². The fourth-order valence-electron chi connectivity index (χ4n) is 2.75. The first-order chi connectivity index (χ1) is 8.60. The molecule has 1 saturated carbocycles. The van der Waals surface area contributed by atoms with Gasteiger partial charge in [0.05, 0.1) is 13.5 Å². The Morgan fingerprint density at radius 3 is 2.78 bits per heavy atom. The van der Waals surface area contributed by atoms with E-state index in [9.17, 15) is 4.79 Å². The number of hydrogen-bond acceptors (Lipinski definition) is 3. The fourth-order valence-corrected chi connectivity index (χ4v) is 2.75. The van der Waals surface area contributed by atoms with Crippen molar-refractivity contribution in [1.82, 2.24) is 4.90 Å². The highest BCUT2D eigenvalue weighted by Gasteiger charge is 2.58. The number of hydrogen-bond donors (Lipinski definition) is 1. The van der Waals surface area contributed by atoms with Gasteiger partial charge in [0, 0.05) is 18.6 Å². The molecule has 4 nitrogen and oxygen atoms in total. The van der Waals surface area contributed by atoms with Gasteiger partial charge in [0.1, 0.15) is 5.75 Å². The van der Waals surface area contributed by atoms with E-state index in [0.717, 1.165) is 30.8 Å². The van der Waals surface area contributed by atoms with Gasteiger partial charge in [-0.2, -0.15) is 0 Å². The second kappa shape index (κ2) is 3.99. The van der Waals surface area contributed by atoms with Crippen LogP contribution in [-0.2, 0) is 11.2 Å². The van der Waals surface area contributed by atoms with E-state index < -0.39 is 0 Å². The van der Waals surface area contributed by atoms with Gasteiger partial charge in [-0.25, -0.2) is 0 Å². The van der Waals surface area contributed by atoms with E-state index in [1.165, 1.54) is 0 Å². The molecule has 1 aliphatic heterocycles. The highest BCUT2D eigenvalue weighted by atomic mass is 16.5. The number of carbonyl (C=O) groups is 1. The monoisotopic (exact) mass is 246 g/mol. The maximum Gasteiger partial charge on any atom is 0.227 e. The molecular weight excluding hydrogens is 228 g/mol. The van der Waals surface area contributed by atoms with Gasteiger partial charge in [-0.15, -0.1) is 0 Å². The normalized spacial score (nSPS) is 29.0. The highest BCUT2D eigenvalue weighted by molar-refractivity contribution is 5.79. The molecule has 18 heavy (non-hydrogen) atoms.